The lowest BCUT2D eigenvalue weighted by atomic mass is 10.5. The molecule has 0 atom stereocenters. The Hall–Kier alpha value is -0.700. The maximum atomic E-state index is 5.50. The minimum absolute atomic E-state index is 0.616. The molecule has 0 aliphatic heterocycles. The van der Waals surface area contributed by atoms with Crippen LogP contribution in [0.1, 0.15) is 13.8 Å². The van der Waals surface area contributed by atoms with Gasteiger partial charge in [-0.05, 0) is 18.4 Å². The van der Waals surface area contributed by atoms with Crippen molar-refractivity contribution in [3.8, 4) is 0 Å². The van der Waals surface area contributed by atoms with Crippen molar-refractivity contribution in [3.63, 3.8) is 0 Å². The summed E-state index contributed by atoms with van der Waals surface area (Å²) in [7, 11) is 0. The van der Waals surface area contributed by atoms with Gasteiger partial charge in [0.2, 0.25) is 0 Å². The number of rotatable bonds is 1. The lowest BCUT2D eigenvalue weighted by molar-refractivity contribution is 1.25. The minimum atomic E-state index is 0.616. The SMILES string of the molecule is CC.CSc1cccnc1N. The second-order valence-electron chi connectivity index (χ2n) is 1.59. The molecule has 3 heteroatoms. The predicted octanol–water partition coefficient (Wildman–Crippen LogP) is 2.41. The van der Waals surface area contributed by atoms with Crippen LogP contribution in [0, 0.1) is 0 Å². The third kappa shape index (κ3) is 3.28. The molecule has 62 valence electrons. The van der Waals surface area contributed by atoms with Gasteiger partial charge in [0, 0.05) is 11.1 Å². The largest absolute Gasteiger partial charge is 0.383 e. The third-order valence-electron chi connectivity index (χ3n) is 1.02. The van der Waals surface area contributed by atoms with E-state index in [1.807, 2.05) is 32.2 Å². The van der Waals surface area contributed by atoms with E-state index in [0.29, 0.717) is 5.82 Å². The van der Waals surface area contributed by atoms with Gasteiger partial charge in [-0.25, -0.2) is 4.98 Å². The van der Waals surface area contributed by atoms with Crippen LogP contribution in [0.4, 0.5) is 5.82 Å². The van der Waals surface area contributed by atoms with Gasteiger partial charge in [0.15, 0.2) is 0 Å². The number of nitrogens with two attached hydrogens (primary N) is 1. The van der Waals surface area contributed by atoms with E-state index >= 15 is 0 Å². The Bertz CT molecular complexity index is 201. The van der Waals surface area contributed by atoms with E-state index < -0.39 is 0 Å². The van der Waals surface area contributed by atoms with Crippen molar-refractivity contribution in [1.29, 1.82) is 0 Å². The van der Waals surface area contributed by atoms with Gasteiger partial charge in [-0.15, -0.1) is 11.8 Å². The number of pyridine rings is 1. The second kappa shape index (κ2) is 6.04. The molecule has 0 fully saturated rings. The molecule has 0 unspecified atom stereocenters. The molecule has 0 saturated carbocycles. The number of aromatic nitrogens is 1. The zero-order chi connectivity index (χ0) is 8.69. The van der Waals surface area contributed by atoms with Crippen molar-refractivity contribution >= 4 is 17.6 Å². The van der Waals surface area contributed by atoms with Crippen molar-refractivity contribution in [3.05, 3.63) is 18.3 Å². The normalized spacial score (nSPS) is 8.27. The first kappa shape index (κ1) is 10.3. The van der Waals surface area contributed by atoms with Crippen LogP contribution in [0.2, 0.25) is 0 Å². The van der Waals surface area contributed by atoms with Crippen LogP contribution in [0.15, 0.2) is 23.2 Å². The molecule has 2 nitrogen and oxygen atoms in total. The molecule has 0 aliphatic rings. The maximum absolute atomic E-state index is 5.50. The number of anilines is 1. The average molecular weight is 170 g/mol. The van der Waals surface area contributed by atoms with Crippen LogP contribution >= 0.6 is 11.8 Å². The number of thioether (sulfide) groups is 1. The molecule has 1 aromatic rings. The summed E-state index contributed by atoms with van der Waals surface area (Å²) in [5, 5.41) is 0. The van der Waals surface area contributed by atoms with E-state index in [1.165, 1.54) is 0 Å². The van der Waals surface area contributed by atoms with Gasteiger partial charge in [0.25, 0.3) is 0 Å². The number of nitrogens with zero attached hydrogens (tertiary/aromatic N) is 1. The molecular formula is C8H14N2S. The van der Waals surface area contributed by atoms with Crippen molar-refractivity contribution in [2.45, 2.75) is 18.7 Å². The van der Waals surface area contributed by atoms with Gasteiger partial charge < -0.3 is 5.73 Å². The van der Waals surface area contributed by atoms with Gasteiger partial charge in [-0.3, -0.25) is 0 Å². The predicted molar refractivity (Wildman–Crippen MR) is 51.8 cm³/mol. The molecule has 11 heavy (non-hydrogen) atoms. The summed E-state index contributed by atoms with van der Waals surface area (Å²) in [6.45, 7) is 4.00. The number of hydrogen-bond donors (Lipinski definition) is 1. The van der Waals surface area contributed by atoms with Gasteiger partial charge in [-0.1, -0.05) is 13.8 Å². The molecule has 0 aliphatic carbocycles. The first-order chi connectivity index (χ1) is 5.34. The van der Waals surface area contributed by atoms with Crippen LogP contribution in [0.25, 0.3) is 0 Å². The van der Waals surface area contributed by atoms with Crippen LogP contribution in [0.3, 0.4) is 0 Å². The molecule has 0 radical (unpaired) electrons. The first-order valence-electron chi connectivity index (χ1n) is 3.59. The van der Waals surface area contributed by atoms with Gasteiger partial charge in [0.1, 0.15) is 5.82 Å². The summed E-state index contributed by atoms with van der Waals surface area (Å²) >= 11 is 1.61. The average Bonchev–Trinajstić information content (AvgIpc) is 2.09. The lowest BCUT2D eigenvalue weighted by Gasteiger charge is -1.96. The van der Waals surface area contributed by atoms with Gasteiger partial charge >= 0.3 is 0 Å². The van der Waals surface area contributed by atoms with Gasteiger partial charge in [-0.2, -0.15) is 0 Å². The summed E-state index contributed by atoms with van der Waals surface area (Å²) in [6.07, 6.45) is 3.67. The monoisotopic (exact) mass is 170 g/mol. The van der Waals surface area contributed by atoms with Crippen LogP contribution in [-0.2, 0) is 0 Å². The van der Waals surface area contributed by atoms with Crippen LogP contribution in [-0.4, -0.2) is 11.2 Å². The third-order valence-corrected chi connectivity index (χ3v) is 1.80. The zero-order valence-electron chi connectivity index (χ0n) is 7.16. The topological polar surface area (TPSA) is 38.9 Å². The van der Waals surface area contributed by atoms with Crippen molar-refractivity contribution in [2.24, 2.45) is 0 Å². The van der Waals surface area contributed by atoms with Crippen molar-refractivity contribution in [1.82, 2.24) is 4.98 Å². The Balaban J connectivity index is 0.000000461. The maximum Gasteiger partial charge on any atom is 0.137 e. The summed E-state index contributed by atoms with van der Waals surface area (Å²) in [5.74, 6) is 0.616. The molecular weight excluding hydrogens is 156 g/mol. The Morgan fingerprint density at radius 3 is 2.45 bits per heavy atom. The van der Waals surface area contributed by atoms with Crippen molar-refractivity contribution in [2.75, 3.05) is 12.0 Å². The van der Waals surface area contributed by atoms with E-state index in [4.69, 9.17) is 5.73 Å². The van der Waals surface area contributed by atoms with E-state index in [1.54, 1.807) is 18.0 Å². The molecule has 0 aromatic carbocycles. The smallest absolute Gasteiger partial charge is 0.137 e. The highest BCUT2D eigenvalue weighted by Crippen LogP contribution is 2.18. The van der Waals surface area contributed by atoms with Crippen LogP contribution < -0.4 is 5.73 Å². The van der Waals surface area contributed by atoms with Crippen LogP contribution in [0.5, 0.6) is 0 Å². The van der Waals surface area contributed by atoms with Gasteiger partial charge in [0.05, 0.1) is 0 Å². The standard InChI is InChI=1S/C6H8N2S.C2H6/c1-9-5-3-2-4-8-6(5)7;1-2/h2-4H,1H3,(H2,7,8);1-2H3. The lowest BCUT2D eigenvalue weighted by Crippen LogP contribution is -1.90. The van der Waals surface area contributed by atoms with E-state index in [2.05, 4.69) is 4.98 Å². The molecule has 1 rings (SSSR count). The Morgan fingerprint density at radius 1 is 1.45 bits per heavy atom. The zero-order valence-corrected chi connectivity index (χ0v) is 7.98. The fourth-order valence-corrected chi connectivity index (χ4v) is 1.05. The van der Waals surface area contributed by atoms with Crippen molar-refractivity contribution < 1.29 is 0 Å². The summed E-state index contributed by atoms with van der Waals surface area (Å²) < 4.78 is 0. The fraction of sp³-hybridized carbons (Fsp3) is 0.375. The highest BCUT2D eigenvalue weighted by atomic mass is 32.2. The number of hydrogen-bond acceptors (Lipinski definition) is 3. The summed E-state index contributed by atoms with van der Waals surface area (Å²) in [5.41, 5.74) is 5.50. The molecule has 0 bridgehead atoms. The molecule has 1 aromatic heterocycles. The van der Waals surface area contributed by atoms with E-state index in [0.717, 1.165) is 4.90 Å². The minimum Gasteiger partial charge on any atom is -0.383 e. The Morgan fingerprint density at radius 2 is 2.09 bits per heavy atom. The highest BCUT2D eigenvalue weighted by molar-refractivity contribution is 7.98. The fourth-order valence-electron chi connectivity index (χ4n) is 0.575. The van der Waals surface area contributed by atoms with E-state index in [-0.39, 0.29) is 0 Å². The highest BCUT2D eigenvalue weighted by Gasteiger charge is 1.92. The quantitative estimate of drug-likeness (QED) is 0.658. The second-order valence-corrected chi connectivity index (χ2v) is 2.44. The Labute approximate surface area is 72.2 Å². The number of nitrogen functional groups attached to an aromatic ring is 1. The first-order valence-corrected chi connectivity index (χ1v) is 4.81. The molecule has 0 saturated heterocycles. The summed E-state index contributed by atoms with van der Waals surface area (Å²) in [4.78, 5) is 4.95. The molecule has 0 amide bonds. The molecule has 1 heterocycles. The Kier molecular flexibility index (Phi) is 5.65. The summed E-state index contributed by atoms with van der Waals surface area (Å²) in [6, 6.07) is 3.83. The molecule has 0 spiro atoms. The molecule has 2 N–H and O–H groups in total. The van der Waals surface area contributed by atoms with E-state index in [9.17, 15) is 0 Å².